The van der Waals surface area contributed by atoms with Crippen LogP contribution in [-0.2, 0) is 14.3 Å². The molecule has 24 heavy (non-hydrogen) atoms. The molecule has 4 rings (SSSR count). The van der Waals surface area contributed by atoms with E-state index >= 15 is 0 Å². The zero-order chi connectivity index (χ0) is 17.8. The fourth-order valence-corrected chi connectivity index (χ4v) is 6.44. The molecule has 134 valence electrons. The Morgan fingerprint density at radius 2 is 1.75 bits per heavy atom. The smallest absolute Gasteiger partial charge is 0.313 e. The summed E-state index contributed by atoms with van der Waals surface area (Å²) in [6.45, 7) is 13.0. The Hall–Kier alpha value is -1.06. The van der Waals surface area contributed by atoms with E-state index < -0.39 is 16.4 Å². The topological polar surface area (TPSA) is 55.4 Å². The molecule has 0 radical (unpaired) electrons. The second-order valence-electron chi connectivity index (χ2n) is 10.3. The van der Waals surface area contributed by atoms with Gasteiger partial charge in [0.2, 0.25) is 0 Å². The Morgan fingerprint density at radius 3 is 2.17 bits per heavy atom. The molecule has 4 bridgehead atoms. The predicted octanol–water partition coefficient (Wildman–Crippen LogP) is 3.44. The Balaban J connectivity index is 1.62. The SMILES string of the molecule is CC1(C)[C@@H]2CC[C@@]1(C)[C@H](NC(=O)[C@]13CC[C@](C)(C(=O)O1)C3(C)C)C2. The first-order valence-electron chi connectivity index (χ1n) is 9.47. The van der Waals surface area contributed by atoms with Gasteiger partial charge in [0.15, 0.2) is 5.60 Å². The van der Waals surface area contributed by atoms with Gasteiger partial charge in [-0.3, -0.25) is 9.59 Å². The fraction of sp³-hybridized carbons (Fsp3) is 0.900. The summed E-state index contributed by atoms with van der Waals surface area (Å²) in [7, 11) is 0. The Labute approximate surface area is 145 Å². The number of rotatable bonds is 2. The summed E-state index contributed by atoms with van der Waals surface area (Å²) >= 11 is 0. The highest BCUT2D eigenvalue weighted by Crippen LogP contribution is 2.67. The van der Waals surface area contributed by atoms with Crippen LogP contribution in [0.15, 0.2) is 0 Å². The van der Waals surface area contributed by atoms with Crippen molar-refractivity contribution in [2.75, 3.05) is 0 Å². The van der Waals surface area contributed by atoms with Crippen molar-refractivity contribution in [2.45, 2.75) is 85.3 Å². The number of hydrogen-bond acceptors (Lipinski definition) is 3. The van der Waals surface area contributed by atoms with Crippen molar-refractivity contribution in [1.82, 2.24) is 5.32 Å². The summed E-state index contributed by atoms with van der Waals surface area (Å²) in [5.41, 5.74) is -1.59. The molecule has 0 aromatic heterocycles. The van der Waals surface area contributed by atoms with E-state index in [4.69, 9.17) is 4.74 Å². The number of amides is 1. The van der Waals surface area contributed by atoms with Crippen LogP contribution in [0, 0.1) is 27.6 Å². The lowest BCUT2D eigenvalue weighted by Crippen LogP contribution is -2.58. The molecule has 1 heterocycles. The van der Waals surface area contributed by atoms with Gasteiger partial charge in [-0.25, -0.2) is 0 Å². The zero-order valence-corrected chi connectivity index (χ0v) is 15.9. The number of carbonyl (C=O) groups is 2. The van der Waals surface area contributed by atoms with E-state index in [0.29, 0.717) is 12.3 Å². The van der Waals surface area contributed by atoms with Crippen LogP contribution in [0.5, 0.6) is 0 Å². The first-order valence-corrected chi connectivity index (χ1v) is 9.47. The quantitative estimate of drug-likeness (QED) is 0.788. The van der Waals surface area contributed by atoms with E-state index in [9.17, 15) is 9.59 Å². The second-order valence-corrected chi connectivity index (χ2v) is 10.3. The monoisotopic (exact) mass is 333 g/mol. The zero-order valence-electron chi connectivity index (χ0n) is 15.9. The Kier molecular flexibility index (Phi) is 2.86. The molecule has 1 saturated heterocycles. The van der Waals surface area contributed by atoms with Crippen molar-refractivity contribution in [3.8, 4) is 0 Å². The summed E-state index contributed by atoms with van der Waals surface area (Å²) in [4.78, 5) is 25.7. The van der Waals surface area contributed by atoms with Crippen LogP contribution in [0.3, 0.4) is 0 Å². The number of ether oxygens (including phenoxy) is 1. The van der Waals surface area contributed by atoms with Crippen molar-refractivity contribution >= 4 is 11.9 Å². The molecule has 0 spiro atoms. The number of esters is 1. The van der Waals surface area contributed by atoms with Crippen LogP contribution in [0.25, 0.3) is 0 Å². The van der Waals surface area contributed by atoms with Crippen LogP contribution in [-0.4, -0.2) is 23.5 Å². The van der Waals surface area contributed by atoms with Crippen LogP contribution >= 0.6 is 0 Å². The minimum atomic E-state index is -0.985. The van der Waals surface area contributed by atoms with Crippen molar-refractivity contribution in [1.29, 1.82) is 0 Å². The van der Waals surface area contributed by atoms with Gasteiger partial charge in [0.1, 0.15) is 0 Å². The molecule has 3 saturated carbocycles. The van der Waals surface area contributed by atoms with Crippen LogP contribution in [0.1, 0.15) is 73.6 Å². The third kappa shape index (κ3) is 1.44. The van der Waals surface area contributed by atoms with Gasteiger partial charge in [-0.2, -0.15) is 0 Å². The molecule has 4 aliphatic rings. The van der Waals surface area contributed by atoms with E-state index in [2.05, 4.69) is 26.1 Å². The number of carbonyl (C=O) groups excluding carboxylic acids is 2. The van der Waals surface area contributed by atoms with E-state index in [1.54, 1.807) is 0 Å². The Morgan fingerprint density at radius 1 is 1.08 bits per heavy atom. The van der Waals surface area contributed by atoms with E-state index in [1.165, 1.54) is 12.8 Å². The normalized spacial score (nSPS) is 50.2. The van der Waals surface area contributed by atoms with E-state index in [1.807, 2.05) is 20.8 Å². The van der Waals surface area contributed by atoms with Crippen molar-refractivity contribution in [3.63, 3.8) is 0 Å². The second kappa shape index (κ2) is 4.19. The number of hydrogen-bond donors (Lipinski definition) is 1. The summed E-state index contributed by atoms with van der Waals surface area (Å²) in [6, 6.07) is 0.190. The first kappa shape index (κ1) is 16.4. The molecule has 3 aliphatic carbocycles. The summed E-state index contributed by atoms with van der Waals surface area (Å²) in [5, 5.41) is 3.34. The van der Waals surface area contributed by atoms with Gasteiger partial charge in [0.05, 0.1) is 5.41 Å². The lowest BCUT2D eigenvalue weighted by atomic mass is 9.65. The minimum absolute atomic E-state index is 0.0587. The van der Waals surface area contributed by atoms with Crippen molar-refractivity contribution < 1.29 is 14.3 Å². The average Bonchev–Trinajstić information content (AvgIpc) is 2.97. The lowest BCUT2D eigenvalue weighted by molar-refractivity contribution is -0.169. The van der Waals surface area contributed by atoms with Gasteiger partial charge in [0.25, 0.3) is 5.91 Å². The van der Waals surface area contributed by atoms with Crippen LogP contribution < -0.4 is 5.32 Å². The van der Waals surface area contributed by atoms with Crippen molar-refractivity contribution in [2.24, 2.45) is 27.6 Å². The van der Waals surface area contributed by atoms with Gasteiger partial charge in [-0.05, 0) is 55.8 Å². The third-order valence-electron chi connectivity index (χ3n) is 9.55. The van der Waals surface area contributed by atoms with Crippen LogP contribution in [0.2, 0.25) is 0 Å². The average molecular weight is 333 g/mol. The van der Waals surface area contributed by atoms with Gasteiger partial charge in [-0.15, -0.1) is 0 Å². The van der Waals surface area contributed by atoms with E-state index in [0.717, 1.165) is 12.8 Å². The standard InChI is InChI=1S/C20H31NO3/c1-16(2)12-7-8-18(16,5)13(11-12)21-14(22)20-10-9-19(6,15(23)24-20)17(20,3)4/h12-13H,7-11H2,1-6H3,(H,21,22)/t12-,13-,18+,19-,20+/m1/s1. The fourth-order valence-electron chi connectivity index (χ4n) is 6.44. The molecule has 0 unspecified atom stereocenters. The molecule has 0 aromatic carbocycles. The van der Waals surface area contributed by atoms with Gasteiger partial charge in [0, 0.05) is 11.5 Å². The maximum absolute atomic E-state index is 13.3. The summed E-state index contributed by atoms with van der Waals surface area (Å²) < 4.78 is 5.75. The highest BCUT2D eigenvalue weighted by molar-refractivity contribution is 5.96. The Bertz CT molecular complexity index is 639. The molecule has 4 heteroatoms. The molecule has 1 aliphatic heterocycles. The van der Waals surface area contributed by atoms with Gasteiger partial charge in [-0.1, -0.05) is 34.6 Å². The first-order chi connectivity index (χ1) is 10.9. The molecular formula is C20H31NO3. The van der Waals surface area contributed by atoms with Gasteiger partial charge < -0.3 is 10.1 Å². The highest BCUT2D eigenvalue weighted by atomic mass is 16.6. The molecule has 0 aromatic rings. The van der Waals surface area contributed by atoms with Crippen molar-refractivity contribution in [3.05, 3.63) is 0 Å². The molecular weight excluding hydrogens is 302 g/mol. The number of nitrogens with one attached hydrogen (secondary N) is 1. The van der Waals surface area contributed by atoms with E-state index in [-0.39, 0.29) is 28.7 Å². The predicted molar refractivity (Wildman–Crippen MR) is 91.1 cm³/mol. The molecule has 4 nitrogen and oxygen atoms in total. The molecule has 1 N–H and O–H groups in total. The molecule has 5 atom stereocenters. The van der Waals surface area contributed by atoms with Gasteiger partial charge >= 0.3 is 5.97 Å². The number of fused-ring (bicyclic) bond motifs is 4. The molecule has 1 amide bonds. The third-order valence-corrected chi connectivity index (χ3v) is 9.55. The highest BCUT2D eigenvalue weighted by Gasteiger charge is 2.76. The molecule has 4 fully saturated rings. The largest absolute Gasteiger partial charge is 0.448 e. The summed E-state index contributed by atoms with van der Waals surface area (Å²) in [5.74, 6) is 0.420. The maximum Gasteiger partial charge on any atom is 0.313 e. The minimum Gasteiger partial charge on any atom is -0.448 e. The maximum atomic E-state index is 13.3. The lowest BCUT2D eigenvalue weighted by Gasteiger charge is -2.42. The summed E-state index contributed by atoms with van der Waals surface area (Å²) in [6.07, 6.45) is 4.87. The van der Waals surface area contributed by atoms with Crippen LogP contribution in [0.4, 0.5) is 0 Å².